The molecule has 26 heavy (non-hydrogen) atoms. The van der Waals surface area contributed by atoms with E-state index in [4.69, 9.17) is 16.3 Å². The maximum absolute atomic E-state index is 12.5. The lowest BCUT2D eigenvalue weighted by Crippen LogP contribution is -2.38. The highest BCUT2D eigenvalue weighted by Gasteiger charge is 2.25. The molecular formula is C18H16ClN5O2. The standard InChI is InChI=1S/C18H16ClN5O2/c19-15-8-16(21-11-20-15)26-10-17(25)24-7-6-14-13(9-24)18(23-22-14)12-4-2-1-3-5-12/h1-5,8,11H,6-7,9-10H2,(H,22,23). The van der Waals surface area contributed by atoms with Crippen LogP contribution >= 0.6 is 11.6 Å². The van der Waals surface area contributed by atoms with Crippen molar-refractivity contribution in [3.8, 4) is 17.1 Å². The summed E-state index contributed by atoms with van der Waals surface area (Å²) in [6.45, 7) is 1.03. The molecule has 1 aromatic carbocycles. The van der Waals surface area contributed by atoms with E-state index in [1.807, 2.05) is 30.3 Å². The first-order valence-electron chi connectivity index (χ1n) is 8.20. The summed E-state index contributed by atoms with van der Waals surface area (Å²) in [5.41, 5.74) is 4.06. The van der Waals surface area contributed by atoms with Gasteiger partial charge in [0.15, 0.2) is 6.61 Å². The molecule has 0 spiro atoms. The van der Waals surface area contributed by atoms with Crippen molar-refractivity contribution in [3.63, 3.8) is 0 Å². The maximum atomic E-state index is 12.5. The summed E-state index contributed by atoms with van der Waals surface area (Å²) in [5, 5.41) is 7.81. The number of hydrogen-bond acceptors (Lipinski definition) is 5. The number of hydrogen-bond donors (Lipinski definition) is 1. The minimum absolute atomic E-state index is 0.0960. The number of aromatic nitrogens is 4. The minimum Gasteiger partial charge on any atom is -0.467 e. The Morgan fingerprint density at radius 1 is 1.27 bits per heavy atom. The predicted molar refractivity (Wildman–Crippen MR) is 95.7 cm³/mol. The largest absolute Gasteiger partial charge is 0.467 e. The van der Waals surface area contributed by atoms with E-state index in [9.17, 15) is 4.79 Å². The number of fused-ring (bicyclic) bond motifs is 1. The number of aromatic amines is 1. The molecule has 1 amide bonds. The van der Waals surface area contributed by atoms with Gasteiger partial charge in [0.05, 0.1) is 5.69 Å². The quantitative estimate of drug-likeness (QED) is 0.714. The van der Waals surface area contributed by atoms with Crippen molar-refractivity contribution in [2.75, 3.05) is 13.2 Å². The number of halogens is 1. The second kappa shape index (κ2) is 7.13. The lowest BCUT2D eigenvalue weighted by molar-refractivity contribution is -0.134. The van der Waals surface area contributed by atoms with Crippen molar-refractivity contribution in [2.24, 2.45) is 0 Å². The van der Waals surface area contributed by atoms with Gasteiger partial charge in [0.2, 0.25) is 5.88 Å². The van der Waals surface area contributed by atoms with Crippen LogP contribution in [-0.4, -0.2) is 44.1 Å². The molecule has 0 unspecified atom stereocenters. The average molecular weight is 370 g/mol. The van der Waals surface area contributed by atoms with Gasteiger partial charge >= 0.3 is 0 Å². The third-order valence-corrected chi connectivity index (χ3v) is 4.49. The van der Waals surface area contributed by atoms with Gasteiger partial charge in [-0.25, -0.2) is 9.97 Å². The smallest absolute Gasteiger partial charge is 0.260 e. The Labute approximate surface area is 155 Å². The molecule has 1 aliphatic rings. The zero-order chi connectivity index (χ0) is 17.9. The zero-order valence-corrected chi connectivity index (χ0v) is 14.6. The SMILES string of the molecule is O=C(COc1cc(Cl)ncn1)N1CCc2[nH]nc(-c3ccccc3)c2C1. The summed E-state index contributed by atoms with van der Waals surface area (Å²) in [6, 6.07) is 11.4. The number of nitrogens with one attached hydrogen (secondary N) is 1. The summed E-state index contributed by atoms with van der Waals surface area (Å²) in [6.07, 6.45) is 2.03. The topological polar surface area (TPSA) is 84.0 Å². The van der Waals surface area contributed by atoms with Gasteiger partial charge in [-0.2, -0.15) is 5.10 Å². The van der Waals surface area contributed by atoms with E-state index in [0.29, 0.717) is 13.1 Å². The van der Waals surface area contributed by atoms with E-state index >= 15 is 0 Å². The van der Waals surface area contributed by atoms with Crippen LogP contribution in [0.5, 0.6) is 5.88 Å². The van der Waals surface area contributed by atoms with Gasteiger partial charge < -0.3 is 9.64 Å². The predicted octanol–water partition coefficient (Wildman–Crippen LogP) is 2.48. The van der Waals surface area contributed by atoms with E-state index < -0.39 is 0 Å². The van der Waals surface area contributed by atoms with Crippen LogP contribution in [0.15, 0.2) is 42.7 Å². The molecule has 1 aliphatic heterocycles. The Balaban J connectivity index is 1.46. The van der Waals surface area contributed by atoms with Crippen LogP contribution in [0.2, 0.25) is 5.15 Å². The first kappa shape index (κ1) is 16.5. The molecule has 0 atom stereocenters. The van der Waals surface area contributed by atoms with Crippen LogP contribution in [0.4, 0.5) is 0 Å². The second-order valence-corrected chi connectivity index (χ2v) is 6.32. The lowest BCUT2D eigenvalue weighted by Gasteiger charge is -2.27. The summed E-state index contributed by atoms with van der Waals surface area (Å²) >= 11 is 5.79. The van der Waals surface area contributed by atoms with Crippen LogP contribution in [-0.2, 0) is 17.8 Å². The van der Waals surface area contributed by atoms with Crippen molar-refractivity contribution in [1.82, 2.24) is 25.1 Å². The molecule has 7 nitrogen and oxygen atoms in total. The number of amides is 1. The second-order valence-electron chi connectivity index (χ2n) is 5.93. The van der Waals surface area contributed by atoms with E-state index in [0.717, 1.165) is 28.9 Å². The highest BCUT2D eigenvalue weighted by molar-refractivity contribution is 6.29. The summed E-state index contributed by atoms with van der Waals surface area (Å²) < 4.78 is 5.44. The number of carbonyl (C=O) groups is 1. The molecule has 1 N–H and O–H groups in total. The Morgan fingerprint density at radius 2 is 2.12 bits per heavy atom. The van der Waals surface area contributed by atoms with Crippen LogP contribution in [0.1, 0.15) is 11.3 Å². The van der Waals surface area contributed by atoms with Gasteiger partial charge in [0, 0.05) is 42.4 Å². The van der Waals surface area contributed by atoms with Gasteiger partial charge in [0.1, 0.15) is 11.5 Å². The fourth-order valence-electron chi connectivity index (χ4n) is 2.97. The Hall–Kier alpha value is -2.93. The zero-order valence-electron chi connectivity index (χ0n) is 13.9. The van der Waals surface area contributed by atoms with Crippen molar-refractivity contribution < 1.29 is 9.53 Å². The number of ether oxygens (including phenoxy) is 1. The third kappa shape index (κ3) is 3.39. The fourth-order valence-corrected chi connectivity index (χ4v) is 3.10. The van der Waals surface area contributed by atoms with Crippen LogP contribution in [0.3, 0.4) is 0 Å². The first-order valence-corrected chi connectivity index (χ1v) is 8.58. The first-order chi connectivity index (χ1) is 12.7. The van der Waals surface area contributed by atoms with E-state index in [1.54, 1.807) is 4.90 Å². The molecule has 0 bridgehead atoms. The van der Waals surface area contributed by atoms with Gasteiger partial charge in [-0.3, -0.25) is 9.89 Å². The van der Waals surface area contributed by atoms with Gasteiger partial charge in [-0.15, -0.1) is 0 Å². The molecule has 0 saturated heterocycles. The van der Waals surface area contributed by atoms with Crippen molar-refractivity contribution in [3.05, 3.63) is 59.1 Å². The Morgan fingerprint density at radius 3 is 2.92 bits per heavy atom. The number of nitrogens with zero attached hydrogens (tertiary/aromatic N) is 4. The van der Waals surface area contributed by atoms with Gasteiger partial charge in [-0.05, 0) is 0 Å². The molecule has 2 aromatic heterocycles. The van der Waals surface area contributed by atoms with E-state index in [-0.39, 0.29) is 23.5 Å². The molecular weight excluding hydrogens is 354 g/mol. The molecule has 0 aliphatic carbocycles. The van der Waals surface area contributed by atoms with Crippen LogP contribution in [0, 0.1) is 0 Å². The molecule has 0 saturated carbocycles. The number of benzene rings is 1. The molecule has 4 rings (SSSR count). The molecule has 8 heteroatoms. The van der Waals surface area contributed by atoms with Gasteiger partial charge in [0.25, 0.3) is 5.91 Å². The highest BCUT2D eigenvalue weighted by Crippen LogP contribution is 2.28. The van der Waals surface area contributed by atoms with Gasteiger partial charge in [-0.1, -0.05) is 41.9 Å². The van der Waals surface area contributed by atoms with Crippen molar-refractivity contribution in [2.45, 2.75) is 13.0 Å². The number of carbonyl (C=O) groups excluding carboxylic acids is 1. The summed E-state index contributed by atoms with van der Waals surface area (Å²) in [5.74, 6) is 0.176. The minimum atomic E-state index is -0.106. The van der Waals surface area contributed by atoms with Crippen molar-refractivity contribution >= 4 is 17.5 Å². The Bertz CT molecular complexity index is 928. The average Bonchev–Trinajstić information content (AvgIpc) is 3.10. The Kier molecular flexibility index (Phi) is 4.53. The number of rotatable bonds is 4. The summed E-state index contributed by atoms with van der Waals surface area (Å²) in [4.78, 5) is 22.0. The number of H-pyrrole nitrogens is 1. The molecule has 0 fully saturated rings. The molecule has 3 heterocycles. The van der Waals surface area contributed by atoms with Crippen LogP contribution in [0.25, 0.3) is 11.3 Å². The normalized spacial score (nSPS) is 13.3. The maximum Gasteiger partial charge on any atom is 0.260 e. The van der Waals surface area contributed by atoms with Crippen LogP contribution < -0.4 is 4.74 Å². The molecule has 3 aromatic rings. The summed E-state index contributed by atoms with van der Waals surface area (Å²) in [7, 11) is 0. The lowest BCUT2D eigenvalue weighted by atomic mass is 10.0. The molecule has 132 valence electrons. The van der Waals surface area contributed by atoms with E-state index in [1.165, 1.54) is 12.4 Å². The fraction of sp³-hybridized carbons (Fsp3) is 0.222. The monoisotopic (exact) mass is 369 g/mol. The van der Waals surface area contributed by atoms with E-state index in [2.05, 4.69) is 20.2 Å². The molecule has 0 radical (unpaired) electrons. The third-order valence-electron chi connectivity index (χ3n) is 4.29. The highest BCUT2D eigenvalue weighted by atomic mass is 35.5. The van der Waals surface area contributed by atoms with Crippen molar-refractivity contribution in [1.29, 1.82) is 0 Å².